The summed E-state index contributed by atoms with van der Waals surface area (Å²) in [6.45, 7) is 2.62. The molecule has 0 saturated heterocycles. The standard InChI is InChI=1S/C9H16O3.C2H4O2/c1-8(10)12-7-9(11)5-3-2-4-6-9;1-2(3)4/h11H,2-7H2,1H3;1H3,(H,3,4). The zero-order valence-corrected chi connectivity index (χ0v) is 9.86. The molecular weight excluding hydrogens is 212 g/mol. The summed E-state index contributed by atoms with van der Waals surface area (Å²) < 4.78 is 4.80. The molecule has 2 N–H and O–H groups in total. The molecule has 0 aromatic carbocycles. The van der Waals surface area contributed by atoms with Crippen molar-refractivity contribution in [2.75, 3.05) is 6.61 Å². The topological polar surface area (TPSA) is 83.8 Å². The quantitative estimate of drug-likeness (QED) is 0.702. The second-order valence-corrected chi connectivity index (χ2v) is 4.08. The summed E-state index contributed by atoms with van der Waals surface area (Å²) in [5.41, 5.74) is -0.732. The molecule has 0 aromatic heterocycles. The molecule has 5 nitrogen and oxygen atoms in total. The molecule has 0 unspecified atom stereocenters. The van der Waals surface area contributed by atoms with Crippen LogP contribution in [-0.4, -0.2) is 34.4 Å². The van der Waals surface area contributed by atoms with Gasteiger partial charge in [-0.2, -0.15) is 0 Å². The molecule has 1 fully saturated rings. The molecule has 0 aromatic rings. The normalized spacial score (nSPS) is 17.9. The van der Waals surface area contributed by atoms with E-state index in [2.05, 4.69) is 0 Å². The van der Waals surface area contributed by atoms with E-state index in [1.807, 2.05) is 0 Å². The summed E-state index contributed by atoms with van der Waals surface area (Å²) in [5, 5.41) is 17.3. The number of carbonyl (C=O) groups excluding carboxylic acids is 1. The Bertz CT molecular complexity index is 227. The van der Waals surface area contributed by atoms with Gasteiger partial charge >= 0.3 is 5.97 Å². The number of carboxylic acid groups (broad SMARTS) is 1. The van der Waals surface area contributed by atoms with Gasteiger partial charge in [-0.1, -0.05) is 19.3 Å². The number of rotatable bonds is 2. The fourth-order valence-electron chi connectivity index (χ4n) is 1.59. The second kappa shape index (κ2) is 7.22. The minimum absolute atomic E-state index is 0.169. The summed E-state index contributed by atoms with van der Waals surface area (Å²) in [5.74, 6) is -1.14. The monoisotopic (exact) mass is 232 g/mol. The van der Waals surface area contributed by atoms with Crippen LogP contribution in [0.15, 0.2) is 0 Å². The Kier molecular flexibility index (Phi) is 6.72. The first kappa shape index (κ1) is 14.9. The lowest BCUT2D eigenvalue weighted by Gasteiger charge is -2.30. The molecule has 0 bridgehead atoms. The number of carbonyl (C=O) groups is 2. The summed E-state index contributed by atoms with van der Waals surface area (Å²) in [4.78, 5) is 19.5. The van der Waals surface area contributed by atoms with Gasteiger partial charge in [0, 0.05) is 13.8 Å². The van der Waals surface area contributed by atoms with Gasteiger partial charge in [-0.15, -0.1) is 0 Å². The van der Waals surface area contributed by atoms with E-state index in [0.29, 0.717) is 0 Å². The highest BCUT2D eigenvalue weighted by Crippen LogP contribution is 2.27. The van der Waals surface area contributed by atoms with Crippen molar-refractivity contribution < 1.29 is 24.5 Å². The maximum atomic E-state index is 10.5. The van der Waals surface area contributed by atoms with E-state index < -0.39 is 11.6 Å². The number of ether oxygens (including phenoxy) is 1. The fourth-order valence-corrected chi connectivity index (χ4v) is 1.59. The molecule has 0 heterocycles. The maximum Gasteiger partial charge on any atom is 0.302 e. The third-order valence-corrected chi connectivity index (χ3v) is 2.33. The predicted octanol–water partition coefficient (Wildman–Crippen LogP) is 1.34. The van der Waals surface area contributed by atoms with Crippen LogP contribution in [0.3, 0.4) is 0 Å². The zero-order chi connectivity index (χ0) is 12.6. The number of hydrogen-bond acceptors (Lipinski definition) is 4. The largest absolute Gasteiger partial charge is 0.481 e. The lowest BCUT2D eigenvalue weighted by Crippen LogP contribution is -2.37. The molecule has 1 rings (SSSR count). The molecular formula is C11H20O5. The van der Waals surface area contributed by atoms with Crippen molar-refractivity contribution in [2.45, 2.75) is 51.6 Å². The van der Waals surface area contributed by atoms with Crippen LogP contribution in [0, 0.1) is 0 Å². The van der Waals surface area contributed by atoms with Gasteiger partial charge in [0.05, 0.1) is 5.60 Å². The van der Waals surface area contributed by atoms with Crippen LogP contribution in [0.1, 0.15) is 46.0 Å². The average Bonchev–Trinajstić information content (AvgIpc) is 2.15. The Morgan fingerprint density at radius 2 is 1.62 bits per heavy atom. The van der Waals surface area contributed by atoms with Gasteiger partial charge in [0.2, 0.25) is 0 Å². The van der Waals surface area contributed by atoms with Crippen LogP contribution in [-0.2, 0) is 14.3 Å². The number of aliphatic hydroxyl groups is 1. The number of esters is 1. The van der Waals surface area contributed by atoms with E-state index in [4.69, 9.17) is 14.6 Å². The van der Waals surface area contributed by atoms with E-state index in [-0.39, 0.29) is 12.6 Å². The Balaban J connectivity index is 0.000000487. The Morgan fingerprint density at radius 3 is 2.00 bits per heavy atom. The van der Waals surface area contributed by atoms with Gasteiger partial charge in [-0.05, 0) is 12.8 Å². The van der Waals surface area contributed by atoms with Crippen LogP contribution in [0.25, 0.3) is 0 Å². The molecule has 0 spiro atoms. The van der Waals surface area contributed by atoms with Crippen molar-refractivity contribution >= 4 is 11.9 Å². The van der Waals surface area contributed by atoms with Gasteiger partial charge in [0.25, 0.3) is 5.97 Å². The van der Waals surface area contributed by atoms with Crippen LogP contribution in [0.2, 0.25) is 0 Å². The van der Waals surface area contributed by atoms with Gasteiger partial charge in [0.15, 0.2) is 0 Å². The van der Waals surface area contributed by atoms with Crippen LogP contribution in [0.5, 0.6) is 0 Å². The molecule has 94 valence electrons. The highest BCUT2D eigenvalue weighted by molar-refractivity contribution is 5.65. The highest BCUT2D eigenvalue weighted by atomic mass is 16.5. The predicted molar refractivity (Wildman–Crippen MR) is 58.0 cm³/mol. The molecule has 0 aliphatic heterocycles. The number of carboxylic acids is 1. The van der Waals surface area contributed by atoms with Crippen LogP contribution in [0.4, 0.5) is 0 Å². The average molecular weight is 232 g/mol. The summed E-state index contributed by atoms with van der Waals surface area (Å²) >= 11 is 0. The fraction of sp³-hybridized carbons (Fsp3) is 0.818. The van der Waals surface area contributed by atoms with Crippen molar-refractivity contribution in [1.29, 1.82) is 0 Å². The van der Waals surface area contributed by atoms with E-state index in [0.717, 1.165) is 32.6 Å². The number of aliphatic carboxylic acids is 1. The third-order valence-electron chi connectivity index (χ3n) is 2.33. The van der Waals surface area contributed by atoms with E-state index in [1.165, 1.54) is 13.3 Å². The molecule has 0 atom stereocenters. The Morgan fingerprint density at radius 1 is 1.19 bits per heavy atom. The van der Waals surface area contributed by atoms with E-state index in [9.17, 15) is 9.90 Å². The van der Waals surface area contributed by atoms with Crippen LogP contribution < -0.4 is 0 Å². The van der Waals surface area contributed by atoms with Crippen molar-refractivity contribution in [2.24, 2.45) is 0 Å². The Hall–Kier alpha value is -1.10. The minimum atomic E-state index is -0.833. The Labute approximate surface area is 95.4 Å². The SMILES string of the molecule is CC(=O)O.CC(=O)OCC1(O)CCCCC1. The summed E-state index contributed by atoms with van der Waals surface area (Å²) in [7, 11) is 0. The molecule has 1 aliphatic carbocycles. The van der Waals surface area contributed by atoms with Gasteiger partial charge in [-0.25, -0.2) is 0 Å². The van der Waals surface area contributed by atoms with E-state index >= 15 is 0 Å². The molecule has 5 heteroatoms. The molecule has 16 heavy (non-hydrogen) atoms. The second-order valence-electron chi connectivity index (χ2n) is 4.08. The lowest BCUT2D eigenvalue weighted by molar-refractivity contribution is -0.150. The smallest absolute Gasteiger partial charge is 0.302 e. The van der Waals surface area contributed by atoms with E-state index in [1.54, 1.807) is 0 Å². The van der Waals surface area contributed by atoms with Crippen molar-refractivity contribution in [3.63, 3.8) is 0 Å². The first-order chi connectivity index (χ1) is 7.36. The van der Waals surface area contributed by atoms with Gasteiger partial charge in [-0.3, -0.25) is 9.59 Å². The summed E-state index contributed by atoms with van der Waals surface area (Å²) in [6, 6.07) is 0. The number of hydrogen-bond donors (Lipinski definition) is 2. The zero-order valence-electron chi connectivity index (χ0n) is 9.86. The third kappa shape index (κ3) is 8.23. The first-order valence-electron chi connectivity index (χ1n) is 5.41. The van der Waals surface area contributed by atoms with Crippen molar-refractivity contribution in [1.82, 2.24) is 0 Å². The maximum absolute atomic E-state index is 10.5. The van der Waals surface area contributed by atoms with Crippen LogP contribution >= 0.6 is 0 Å². The highest BCUT2D eigenvalue weighted by Gasteiger charge is 2.30. The van der Waals surface area contributed by atoms with Crippen molar-refractivity contribution in [3.8, 4) is 0 Å². The molecule has 0 amide bonds. The molecule has 1 saturated carbocycles. The van der Waals surface area contributed by atoms with Gasteiger partial charge in [0.1, 0.15) is 6.61 Å². The van der Waals surface area contributed by atoms with Crippen molar-refractivity contribution in [3.05, 3.63) is 0 Å². The molecule has 0 radical (unpaired) electrons. The first-order valence-corrected chi connectivity index (χ1v) is 5.41. The minimum Gasteiger partial charge on any atom is -0.481 e. The lowest BCUT2D eigenvalue weighted by atomic mass is 9.86. The molecule has 1 aliphatic rings. The van der Waals surface area contributed by atoms with Gasteiger partial charge < -0.3 is 14.9 Å². The summed E-state index contributed by atoms with van der Waals surface area (Å²) in [6.07, 6.45) is 4.79.